The molecule has 0 spiro atoms. The molecule has 1 amide bonds. The summed E-state index contributed by atoms with van der Waals surface area (Å²) >= 11 is 0. The first-order valence-electron chi connectivity index (χ1n) is 9.54. The summed E-state index contributed by atoms with van der Waals surface area (Å²) in [6.45, 7) is 6.76. The van der Waals surface area contributed by atoms with Gasteiger partial charge in [-0.1, -0.05) is 17.3 Å². The lowest BCUT2D eigenvalue weighted by Gasteiger charge is -2.29. The number of nitrogens with zero attached hydrogens (tertiary/aromatic N) is 3. The van der Waals surface area contributed by atoms with Crippen LogP contribution in [-0.2, 0) is 17.8 Å². The zero-order valence-electron chi connectivity index (χ0n) is 16.1. The average Bonchev–Trinajstić information content (AvgIpc) is 2.99. The second-order valence-electron chi connectivity index (χ2n) is 7.27. The Morgan fingerprint density at radius 2 is 1.85 bits per heavy atom. The van der Waals surface area contributed by atoms with Crippen LogP contribution in [0.2, 0.25) is 0 Å². The molecule has 0 radical (unpaired) electrons. The van der Waals surface area contributed by atoms with Gasteiger partial charge in [0.15, 0.2) is 0 Å². The Morgan fingerprint density at radius 3 is 2.46 bits per heavy atom. The van der Waals surface area contributed by atoms with Crippen molar-refractivity contribution in [1.29, 1.82) is 0 Å². The molecule has 26 heavy (non-hydrogen) atoms. The van der Waals surface area contributed by atoms with Gasteiger partial charge in [0, 0.05) is 44.4 Å². The van der Waals surface area contributed by atoms with Crippen LogP contribution >= 0.6 is 0 Å². The molecular formula is C21H29N3O2. The van der Waals surface area contributed by atoms with Crippen molar-refractivity contribution in [2.75, 3.05) is 25.0 Å². The number of aryl methyl sites for hydroxylation is 2. The monoisotopic (exact) mass is 355 g/mol. The second kappa shape index (κ2) is 8.39. The summed E-state index contributed by atoms with van der Waals surface area (Å²) in [6, 6.07) is 8.65. The van der Waals surface area contributed by atoms with Crippen LogP contribution in [0.3, 0.4) is 0 Å². The molecule has 5 heteroatoms. The lowest BCUT2D eigenvalue weighted by Crippen LogP contribution is -2.29. The van der Waals surface area contributed by atoms with Gasteiger partial charge in [0.05, 0.1) is 5.69 Å². The lowest BCUT2D eigenvalue weighted by atomic mass is 10.1. The van der Waals surface area contributed by atoms with Gasteiger partial charge >= 0.3 is 0 Å². The third-order valence-electron chi connectivity index (χ3n) is 5.27. The Bertz CT molecular complexity index is 711. The summed E-state index contributed by atoms with van der Waals surface area (Å²) in [5.74, 6) is 0.955. The van der Waals surface area contributed by atoms with Gasteiger partial charge in [0.2, 0.25) is 5.91 Å². The molecule has 0 atom stereocenters. The number of carbonyl (C=O) groups is 1. The quantitative estimate of drug-likeness (QED) is 0.789. The van der Waals surface area contributed by atoms with E-state index in [1.165, 1.54) is 30.5 Å². The minimum Gasteiger partial charge on any atom is -0.372 e. The molecule has 1 aliphatic heterocycles. The lowest BCUT2D eigenvalue weighted by molar-refractivity contribution is -0.130. The molecule has 3 rings (SSSR count). The Hall–Kier alpha value is -2.30. The maximum absolute atomic E-state index is 12.4. The topological polar surface area (TPSA) is 49.6 Å². The van der Waals surface area contributed by atoms with E-state index < -0.39 is 0 Å². The van der Waals surface area contributed by atoms with E-state index >= 15 is 0 Å². The van der Waals surface area contributed by atoms with Gasteiger partial charge < -0.3 is 14.3 Å². The molecule has 140 valence electrons. The largest absolute Gasteiger partial charge is 0.372 e. The highest BCUT2D eigenvalue weighted by atomic mass is 16.5. The van der Waals surface area contributed by atoms with Gasteiger partial charge in [-0.2, -0.15) is 0 Å². The maximum Gasteiger partial charge on any atom is 0.222 e. The molecular weight excluding hydrogens is 326 g/mol. The number of hydrogen-bond donors (Lipinski definition) is 0. The van der Waals surface area contributed by atoms with E-state index in [4.69, 9.17) is 4.52 Å². The molecule has 0 N–H and O–H groups in total. The summed E-state index contributed by atoms with van der Waals surface area (Å²) in [6.07, 6.45) is 5.06. The fourth-order valence-electron chi connectivity index (χ4n) is 3.61. The standard InChI is InChI=1S/C21H29N3O2/c1-16-20(17(2)26-22-16)11-12-21(25)23(3)15-18-7-9-19(10-8-18)24-13-5-4-6-14-24/h7-10H,4-6,11-15H2,1-3H3. The van der Waals surface area contributed by atoms with Crippen LogP contribution in [-0.4, -0.2) is 36.1 Å². The third-order valence-corrected chi connectivity index (χ3v) is 5.27. The maximum atomic E-state index is 12.4. The van der Waals surface area contributed by atoms with E-state index in [0.29, 0.717) is 19.4 Å². The summed E-state index contributed by atoms with van der Waals surface area (Å²) in [4.78, 5) is 16.7. The van der Waals surface area contributed by atoms with Crippen molar-refractivity contribution < 1.29 is 9.32 Å². The van der Waals surface area contributed by atoms with Crippen LogP contribution in [0, 0.1) is 13.8 Å². The molecule has 0 aliphatic carbocycles. The smallest absolute Gasteiger partial charge is 0.222 e. The Balaban J connectivity index is 1.52. The van der Waals surface area contributed by atoms with E-state index in [0.717, 1.165) is 30.1 Å². The number of anilines is 1. The van der Waals surface area contributed by atoms with Crippen molar-refractivity contribution in [1.82, 2.24) is 10.1 Å². The first kappa shape index (κ1) is 18.5. The highest BCUT2D eigenvalue weighted by molar-refractivity contribution is 5.76. The summed E-state index contributed by atoms with van der Waals surface area (Å²) in [5, 5.41) is 3.95. The molecule has 0 unspecified atom stereocenters. The SMILES string of the molecule is Cc1noc(C)c1CCC(=O)N(C)Cc1ccc(N2CCCCC2)cc1. The highest BCUT2D eigenvalue weighted by Gasteiger charge is 2.15. The first-order valence-corrected chi connectivity index (χ1v) is 9.54. The number of amides is 1. The van der Waals surface area contributed by atoms with E-state index in [2.05, 4.69) is 34.3 Å². The number of carbonyl (C=O) groups excluding carboxylic acids is 1. The molecule has 1 aliphatic rings. The summed E-state index contributed by atoms with van der Waals surface area (Å²) in [7, 11) is 1.87. The highest BCUT2D eigenvalue weighted by Crippen LogP contribution is 2.21. The molecule has 0 saturated carbocycles. The van der Waals surface area contributed by atoms with E-state index in [1.54, 1.807) is 4.90 Å². The summed E-state index contributed by atoms with van der Waals surface area (Å²) < 4.78 is 5.17. The fourth-order valence-corrected chi connectivity index (χ4v) is 3.61. The predicted molar refractivity (Wildman–Crippen MR) is 103 cm³/mol. The number of hydrogen-bond acceptors (Lipinski definition) is 4. The van der Waals surface area contributed by atoms with E-state index in [1.807, 2.05) is 20.9 Å². The van der Waals surface area contributed by atoms with Crippen molar-refractivity contribution in [2.24, 2.45) is 0 Å². The molecule has 0 bridgehead atoms. The number of benzene rings is 1. The van der Waals surface area contributed by atoms with E-state index in [-0.39, 0.29) is 5.91 Å². The van der Waals surface area contributed by atoms with Crippen molar-refractivity contribution in [3.8, 4) is 0 Å². The average molecular weight is 355 g/mol. The van der Waals surface area contributed by atoms with Gasteiger partial charge in [0.1, 0.15) is 5.76 Å². The molecule has 2 heterocycles. The van der Waals surface area contributed by atoms with Gasteiger partial charge in [-0.15, -0.1) is 0 Å². The fraction of sp³-hybridized carbons (Fsp3) is 0.524. The van der Waals surface area contributed by atoms with Crippen LogP contribution in [0.15, 0.2) is 28.8 Å². The molecule has 1 aromatic heterocycles. The Morgan fingerprint density at radius 1 is 1.15 bits per heavy atom. The normalized spacial score (nSPS) is 14.5. The zero-order valence-corrected chi connectivity index (χ0v) is 16.1. The first-order chi connectivity index (χ1) is 12.5. The molecule has 5 nitrogen and oxygen atoms in total. The van der Waals surface area contributed by atoms with Crippen LogP contribution in [0.4, 0.5) is 5.69 Å². The molecule has 1 saturated heterocycles. The van der Waals surface area contributed by atoms with Gasteiger partial charge in [-0.25, -0.2) is 0 Å². The molecule has 2 aromatic rings. The van der Waals surface area contributed by atoms with Crippen LogP contribution < -0.4 is 4.90 Å². The van der Waals surface area contributed by atoms with Crippen LogP contribution in [0.25, 0.3) is 0 Å². The van der Waals surface area contributed by atoms with Gasteiger partial charge in [-0.05, 0) is 57.2 Å². The Kier molecular flexibility index (Phi) is 5.96. The number of aromatic nitrogens is 1. The van der Waals surface area contributed by atoms with Crippen molar-refractivity contribution in [3.05, 3.63) is 46.8 Å². The van der Waals surface area contributed by atoms with Crippen molar-refractivity contribution >= 4 is 11.6 Å². The minimum absolute atomic E-state index is 0.144. The predicted octanol–water partition coefficient (Wildman–Crippen LogP) is 3.87. The number of piperidine rings is 1. The number of rotatable bonds is 6. The third kappa shape index (κ3) is 4.45. The van der Waals surface area contributed by atoms with E-state index in [9.17, 15) is 4.79 Å². The Labute approximate surface area is 156 Å². The summed E-state index contributed by atoms with van der Waals surface area (Å²) in [5.41, 5.74) is 4.39. The second-order valence-corrected chi connectivity index (χ2v) is 7.27. The molecule has 1 fully saturated rings. The van der Waals surface area contributed by atoms with Crippen molar-refractivity contribution in [3.63, 3.8) is 0 Å². The van der Waals surface area contributed by atoms with Crippen LogP contribution in [0.1, 0.15) is 48.3 Å². The zero-order chi connectivity index (χ0) is 18.5. The van der Waals surface area contributed by atoms with Crippen molar-refractivity contribution in [2.45, 2.75) is 52.5 Å². The van der Waals surface area contributed by atoms with Gasteiger partial charge in [-0.3, -0.25) is 4.79 Å². The molecule has 1 aromatic carbocycles. The minimum atomic E-state index is 0.144. The van der Waals surface area contributed by atoms with Gasteiger partial charge in [0.25, 0.3) is 0 Å². The van der Waals surface area contributed by atoms with Crippen LogP contribution in [0.5, 0.6) is 0 Å².